The molecule has 1 unspecified atom stereocenters. The monoisotopic (exact) mass is 239 g/mol. The van der Waals surface area contributed by atoms with Crippen molar-refractivity contribution in [3.05, 3.63) is 17.6 Å². The van der Waals surface area contributed by atoms with Gasteiger partial charge in [-0.05, 0) is 33.1 Å². The van der Waals surface area contributed by atoms with Crippen molar-refractivity contribution in [3.8, 4) is 0 Å². The highest BCUT2D eigenvalue weighted by atomic mass is 35.5. The zero-order chi connectivity index (χ0) is 11.5. The fraction of sp³-hybridized carbons (Fsp3) is 0.667. The van der Waals surface area contributed by atoms with Crippen LogP contribution in [0.1, 0.15) is 30.7 Å². The van der Waals surface area contributed by atoms with Gasteiger partial charge in [-0.3, -0.25) is 4.98 Å². The zero-order valence-corrected chi connectivity index (χ0v) is 10.7. The Balaban J connectivity index is 2.30. The van der Waals surface area contributed by atoms with Crippen LogP contribution in [0, 0.1) is 13.8 Å². The Hall–Kier alpha value is -0.830. The molecule has 2 rings (SSSR count). The summed E-state index contributed by atoms with van der Waals surface area (Å²) in [6, 6.07) is 0.421. The summed E-state index contributed by atoms with van der Waals surface area (Å²) in [5, 5.41) is 0. The summed E-state index contributed by atoms with van der Waals surface area (Å²) in [6.07, 6.45) is 5.48. The molecule has 4 heteroatoms. The largest absolute Gasteiger partial charge is 0.351 e. The molecule has 0 N–H and O–H groups in total. The average Bonchev–Trinajstić information content (AvgIpc) is 2.32. The first-order valence-corrected chi connectivity index (χ1v) is 6.38. The first kappa shape index (κ1) is 11.6. The van der Waals surface area contributed by atoms with Crippen LogP contribution < -0.4 is 4.90 Å². The van der Waals surface area contributed by atoms with E-state index in [1.54, 1.807) is 0 Å². The molecule has 0 aromatic carbocycles. The van der Waals surface area contributed by atoms with Crippen molar-refractivity contribution < 1.29 is 0 Å². The van der Waals surface area contributed by atoms with Crippen molar-refractivity contribution in [1.29, 1.82) is 0 Å². The number of aryl methyl sites for hydroxylation is 2. The summed E-state index contributed by atoms with van der Waals surface area (Å²) >= 11 is 6.03. The number of hydrogen-bond donors (Lipinski definition) is 0. The molecule has 1 aliphatic rings. The maximum atomic E-state index is 6.03. The van der Waals surface area contributed by atoms with Crippen molar-refractivity contribution in [3.63, 3.8) is 0 Å². The lowest BCUT2D eigenvalue weighted by Gasteiger charge is -2.36. The number of halogens is 1. The summed E-state index contributed by atoms with van der Waals surface area (Å²) in [5.74, 6) is 1.69. The Labute approximate surface area is 102 Å². The lowest BCUT2D eigenvalue weighted by Crippen LogP contribution is -2.41. The summed E-state index contributed by atoms with van der Waals surface area (Å²) in [5.41, 5.74) is 1.97. The number of anilines is 1. The first-order valence-electron chi connectivity index (χ1n) is 5.85. The topological polar surface area (TPSA) is 29.0 Å². The van der Waals surface area contributed by atoms with Crippen molar-refractivity contribution in [2.24, 2.45) is 0 Å². The molecule has 3 nitrogen and oxygen atoms in total. The molecule has 0 aliphatic carbocycles. The number of alkyl halides is 1. The third kappa shape index (κ3) is 2.29. The number of nitrogens with zero attached hydrogens (tertiary/aromatic N) is 3. The lowest BCUT2D eigenvalue weighted by atomic mass is 10.0. The predicted octanol–water partition coefficient (Wildman–Crippen LogP) is 2.69. The molecular weight excluding hydrogens is 222 g/mol. The first-order chi connectivity index (χ1) is 7.72. The lowest BCUT2D eigenvalue weighted by molar-refractivity contribution is 0.482. The van der Waals surface area contributed by atoms with Crippen LogP contribution in [0.2, 0.25) is 0 Å². The second kappa shape index (κ2) is 5.00. The van der Waals surface area contributed by atoms with E-state index in [-0.39, 0.29) is 0 Å². The van der Waals surface area contributed by atoms with E-state index in [9.17, 15) is 0 Å². The Morgan fingerprint density at radius 3 is 3.00 bits per heavy atom. The van der Waals surface area contributed by atoms with Gasteiger partial charge in [0.1, 0.15) is 0 Å². The molecule has 1 fully saturated rings. The molecule has 0 saturated carbocycles. The molecule has 0 amide bonds. The van der Waals surface area contributed by atoms with Crippen molar-refractivity contribution in [2.75, 3.05) is 17.3 Å². The summed E-state index contributed by atoms with van der Waals surface area (Å²) in [6.45, 7) is 5.05. The van der Waals surface area contributed by atoms with Gasteiger partial charge in [0.25, 0.3) is 0 Å². The van der Waals surface area contributed by atoms with Gasteiger partial charge in [-0.15, -0.1) is 11.6 Å². The van der Waals surface area contributed by atoms with E-state index in [1.807, 2.05) is 20.0 Å². The maximum absolute atomic E-state index is 6.03. The minimum Gasteiger partial charge on any atom is -0.351 e. The second-order valence-electron chi connectivity index (χ2n) is 4.42. The smallest absolute Gasteiger partial charge is 0.150 e. The Kier molecular flexibility index (Phi) is 3.64. The Bertz CT molecular complexity index is 367. The molecule has 1 aliphatic heterocycles. The second-order valence-corrected chi connectivity index (χ2v) is 4.73. The van der Waals surface area contributed by atoms with Gasteiger partial charge in [-0.1, -0.05) is 0 Å². The molecule has 1 atom stereocenters. The Morgan fingerprint density at radius 2 is 2.25 bits per heavy atom. The summed E-state index contributed by atoms with van der Waals surface area (Å²) < 4.78 is 0. The average molecular weight is 240 g/mol. The number of piperidine rings is 1. The standard InChI is InChI=1S/C12H18ClN3/c1-9-8-14-10(2)12(15-9)16-6-4-3-5-11(16)7-13/h8,11H,3-7H2,1-2H3. The number of hydrogen-bond acceptors (Lipinski definition) is 3. The summed E-state index contributed by atoms with van der Waals surface area (Å²) in [4.78, 5) is 11.3. The maximum Gasteiger partial charge on any atom is 0.150 e. The molecule has 16 heavy (non-hydrogen) atoms. The van der Waals surface area contributed by atoms with Crippen molar-refractivity contribution in [2.45, 2.75) is 39.2 Å². The van der Waals surface area contributed by atoms with Crippen LogP contribution in [0.3, 0.4) is 0 Å². The van der Waals surface area contributed by atoms with Gasteiger partial charge in [-0.2, -0.15) is 0 Å². The van der Waals surface area contributed by atoms with Gasteiger partial charge in [-0.25, -0.2) is 4.98 Å². The van der Waals surface area contributed by atoms with Gasteiger partial charge in [0, 0.05) is 24.7 Å². The van der Waals surface area contributed by atoms with Crippen LogP contribution in [0.25, 0.3) is 0 Å². The normalized spacial score (nSPS) is 21.2. The Morgan fingerprint density at radius 1 is 1.44 bits per heavy atom. The minimum absolute atomic E-state index is 0.421. The van der Waals surface area contributed by atoms with E-state index >= 15 is 0 Å². The van der Waals surface area contributed by atoms with Gasteiger partial charge >= 0.3 is 0 Å². The van der Waals surface area contributed by atoms with E-state index in [0.29, 0.717) is 11.9 Å². The molecule has 1 aromatic heterocycles. The van der Waals surface area contributed by atoms with Gasteiger partial charge in [0.2, 0.25) is 0 Å². The molecule has 2 heterocycles. The van der Waals surface area contributed by atoms with Crippen LogP contribution in [0.5, 0.6) is 0 Å². The minimum atomic E-state index is 0.421. The summed E-state index contributed by atoms with van der Waals surface area (Å²) in [7, 11) is 0. The van der Waals surface area contributed by atoms with E-state index in [2.05, 4.69) is 14.9 Å². The quantitative estimate of drug-likeness (QED) is 0.743. The zero-order valence-electron chi connectivity index (χ0n) is 9.91. The molecule has 0 bridgehead atoms. The van der Waals surface area contributed by atoms with E-state index in [4.69, 9.17) is 11.6 Å². The van der Waals surface area contributed by atoms with Gasteiger partial charge in [0.15, 0.2) is 5.82 Å². The highest BCUT2D eigenvalue weighted by Gasteiger charge is 2.24. The fourth-order valence-electron chi connectivity index (χ4n) is 2.24. The predicted molar refractivity (Wildman–Crippen MR) is 67.2 cm³/mol. The van der Waals surface area contributed by atoms with Gasteiger partial charge < -0.3 is 4.90 Å². The van der Waals surface area contributed by atoms with Gasteiger partial charge in [0.05, 0.1) is 11.4 Å². The van der Waals surface area contributed by atoms with Crippen LogP contribution in [0.4, 0.5) is 5.82 Å². The molecule has 1 aromatic rings. The highest BCUT2D eigenvalue weighted by molar-refractivity contribution is 6.18. The van der Waals surface area contributed by atoms with Crippen LogP contribution in [0.15, 0.2) is 6.20 Å². The van der Waals surface area contributed by atoms with Crippen molar-refractivity contribution in [1.82, 2.24) is 9.97 Å². The van der Waals surface area contributed by atoms with E-state index in [1.165, 1.54) is 19.3 Å². The van der Waals surface area contributed by atoms with E-state index in [0.717, 1.165) is 23.8 Å². The number of aromatic nitrogens is 2. The molecular formula is C12H18ClN3. The highest BCUT2D eigenvalue weighted by Crippen LogP contribution is 2.25. The van der Waals surface area contributed by atoms with Crippen molar-refractivity contribution >= 4 is 17.4 Å². The third-order valence-electron chi connectivity index (χ3n) is 3.13. The van der Waals surface area contributed by atoms with Crippen LogP contribution >= 0.6 is 11.6 Å². The molecule has 0 radical (unpaired) electrons. The van der Waals surface area contributed by atoms with E-state index < -0.39 is 0 Å². The third-order valence-corrected chi connectivity index (χ3v) is 3.48. The van der Waals surface area contributed by atoms with Crippen LogP contribution in [-0.2, 0) is 0 Å². The number of rotatable bonds is 2. The fourth-order valence-corrected chi connectivity index (χ4v) is 2.56. The molecule has 1 saturated heterocycles. The van der Waals surface area contributed by atoms with Crippen LogP contribution in [-0.4, -0.2) is 28.4 Å². The molecule has 88 valence electrons. The molecule has 0 spiro atoms. The SMILES string of the molecule is Cc1cnc(C)c(N2CCCCC2CCl)n1.